The second-order valence-electron chi connectivity index (χ2n) is 4.49. The van der Waals surface area contributed by atoms with Crippen LogP contribution >= 0.6 is 0 Å². The predicted molar refractivity (Wildman–Crippen MR) is 63.4 cm³/mol. The normalized spacial score (nSPS) is 24.7. The van der Waals surface area contributed by atoms with Crippen molar-refractivity contribution in [3.8, 4) is 0 Å². The van der Waals surface area contributed by atoms with Crippen LogP contribution in [0.4, 0.5) is 5.69 Å². The topological polar surface area (TPSA) is 21.3 Å². The van der Waals surface area contributed by atoms with Gasteiger partial charge in [-0.05, 0) is 38.3 Å². The van der Waals surface area contributed by atoms with E-state index in [-0.39, 0.29) is 0 Å². The Balaban J connectivity index is 1.94. The quantitative estimate of drug-likeness (QED) is 0.819. The highest BCUT2D eigenvalue weighted by Crippen LogP contribution is 2.27. The van der Waals surface area contributed by atoms with Crippen LogP contribution in [0, 0.1) is 13.8 Å². The highest BCUT2D eigenvalue weighted by atomic mass is 16.5. The van der Waals surface area contributed by atoms with Crippen molar-refractivity contribution >= 4 is 5.69 Å². The second-order valence-corrected chi connectivity index (χ2v) is 4.49. The molecule has 1 aromatic rings. The van der Waals surface area contributed by atoms with E-state index in [0.717, 1.165) is 12.8 Å². The molecule has 2 heteroatoms. The van der Waals surface area contributed by atoms with E-state index >= 15 is 0 Å². The summed E-state index contributed by atoms with van der Waals surface area (Å²) in [5.74, 6) is 0. The number of nitrogens with one attached hydrogen (secondary N) is 1. The summed E-state index contributed by atoms with van der Waals surface area (Å²) in [6, 6.07) is 7.14. The Morgan fingerprint density at radius 3 is 2.60 bits per heavy atom. The molecule has 0 spiro atoms. The highest BCUT2D eigenvalue weighted by molar-refractivity contribution is 5.52. The lowest BCUT2D eigenvalue weighted by molar-refractivity contribution is 0.0328. The number of rotatable bonds is 3. The number of methoxy groups -OCH3 is 1. The minimum atomic E-state index is 0.466. The number of hydrogen-bond donors (Lipinski definition) is 1. The third-order valence-corrected chi connectivity index (χ3v) is 3.17. The summed E-state index contributed by atoms with van der Waals surface area (Å²) in [6.07, 6.45) is 2.72. The number of hydrogen-bond acceptors (Lipinski definition) is 2. The minimum absolute atomic E-state index is 0.466. The van der Waals surface area contributed by atoms with Gasteiger partial charge in [0.05, 0.1) is 6.10 Å². The Kier molecular flexibility index (Phi) is 2.96. The van der Waals surface area contributed by atoms with Gasteiger partial charge in [0.25, 0.3) is 0 Å². The first-order chi connectivity index (χ1) is 7.19. The molecule has 0 heterocycles. The van der Waals surface area contributed by atoms with Crippen LogP contribution in [0.15, 0.2) is 18.2 Å². The first-order valence-corrected chi connectivity index (χ1v) is 5.55. The van der Waals surface area contributed by atoms with Crippen LogP contribution in [-0.4, -0.2) is 19.3 Å². The summed E-state index contributed by atoms with van der Waals surface area (Å²) in [4.78, 5) is 0. The van der Waals surface area contributed by atoms with E-state index < -0.39 is 0 Å². The molecule has 1 aromatic carbocycles. The van der Waals surface area contributed by atoms with Crippen molar-refractivity contribution in [3.63, 3.8) is 0 Å². The van der Waals surface area contributed by atoms with Gasteiger partial charge in [0.15, 0.2) is 0 Å². The lowest BCUT2D eigenvalue weighted by atomic mass is 9.89. The maximum Gasteiger partial charge on any atom is 0.0610 e. The summed E-state index contributed by atoms with van der Waals surface area (Å²) in [7, 11) is 1.79. The molecule has 1 N–H and O–H groups in total. The van der Waals surface area contributed by atoms with Crippen molar-refractivity contribution in [1.82, 2.24) is 0 Å². The zero-order valence-corrected chi connectivity index (χ0v) is 9.71. The van der Waals surface area contributed by atoms with Gasteiger partial charge in [-0.3, -0.25) is 0 Å². The Morgan fingerprint density at radius 2 is 2.00 bits per heavy atom. The summed E-state index contributed by atoms with van der Waals surface area (Å²) >= 11 is 0. The zero-order chi connectivity index (χ0) is 10.8. The van der Waals surface area contributed by atoms with Crippen LogP contribution < -0.4 is 5.32 Å². The fourth-order valence-corrected chi connectivity index (χ4v) is 2.07. The molecule has 0 atom stereocenters. The van der Waals surface area contributed by atoms with Crippen LogP contribution in [0.2, 0.25) is 0 Å². The fourth-order valence-electron chi connectivity index (χ4n) is 2.07. The largest absolute Gasteiger partial charge is 0.382 e. The van der Waals surface area contributed by atoms with Gasteiger partial charge >= 0.3 is 0 Å². The molecule has 0 radical (unpaired) electrons. The fraction of sp³-hybridized carbons (Fsp3) is 0.538. The Morgan fingerprint density at radius 1 is 1.27 bits per heavy atom. The van der Waals surface area contributed by atoms with E-state index in [4.69, 9.17) is 4.74 Å². The van der Waals surface area contributed by atoms with Gasteiger partial charge in [-0.15, -0.1) is 0 Å². The summed E-state index contributed by atoms with van der Waals surface area (Å²) in [5, 5.41) is 3.56. The molecule has 1 saturated carbocycles. The third kappa shape index (κ3) is 2.32. The Hall–Kier alpha value is -1.02. The molecule has 0 unspecified atom stereocenters. The molecule has 2 rings (SSSR count). The van der Waals surface area contributed by atoms with Crippen LogP contribution in [0.25, 0.3) is 0 Å². The standard InChI is InChI=1S/C13H19NO/c1-9-4-5-13(10(2)6-9)14-11-7-12(8-11)15-3/h4-6,11-12,14H,7-8H2,1-3H3. The summed E-state index contributed by atoms with van der Waals surface area (Å²) < 4.78 is 5.26. The Bertz CT molecular complexity index is 342. The number of ether oxygens (including phenoxy) is 1. The first kappa shape index (κ1) is 10.5. The maximum absolute atomic E-state index is 5.26. The molecule has 0 aromatic heterocycles. The molecule has 1 fully saturated rings. The van der Waals surface area contributed by atoms with Crippen molar-refractivity contribution in [1.29, 1.82) is 0 Å². The molecule has 0 saturated heterocycles. The van der Waals surface area contributed by atoms with Gasteiger partial charge in [0.1, 0.15) is 0 Å². The summed E-state index contributed by atoms with van der Waals surface area (Å²) in [6.45, 7) is 4.28. The van der Waals surface area contributed by atoms with E-state index in [2.05, 4.69) is 37.4 Å². The average molecular weight is 205 g/mol. The average Bonchev–Trinajstić information content (AvgIpc) is 2.13. The third-order valence-electron chi connectivity index (χ3n) is 3.17. The van der Waals surface area contributed by atoms with Gasteiger partial charge in [0.2, 0.25) is 0 Å². The minimum Gasteiger partial charge on any atom is -0.382 e. The molecular weight excluding hydrogens is 186 g/mol. The molecule has 1 aliphatic rings. The van der Waals surface area contributed by atoms with Gasteiger partial charge in [0, 0.05) is 18.8 Å². The summed E-state index contributed by atoms with van der Waals surface area (Å²) in [5.41, 5.74) is 3.91. The number of anilines is 1. The van der Waals surface area contributed by atoms with E-state index in [1.54, 1.807) is 7.11 Å². The lowest BCUT2D eigenvalue weighted by Crippen LogP contribution is -2.40. The molecular formula is C13H19NO. The first-order valence-electron chi connectivity index (χ1n) is 5.55. The highest BCUT2D eigenvalue weighted by Gasteiger charge is 2.28. The molecule has 0 aliphatic heterocycles. The van der Waals surface area contributed by atoms with Crippen molar-refractivity contribution in [2.75, 3.05) is 12.4 Å². The van der Waals surface area contributed by atoms with E-state index in [1.165, 1.54) is 16.8 Å². The van der Waals surface area contributed by atoms with Crippen molar-refractivity contribution in [3.05, 3.63) is 29.3 Å². The van der Waals surface area contributed by atoms with E-state index in [0.29, 0.717) is 12.1 Å². The molecule has 15 heavy (non-hydrogen) atoms. The van der Waals surface area contributed by atoms with Gasteiger partial charge in [-0.25, -0.2) is 0 Å². The molecule has 82 valence electrons. The van der Waals surface area contributed by atoms with Crippen molar-refractivity contribution < 1.29 is 4.74 Å². The van der Waals surface area contributed by atoms with Crippen LogP contribution in [0.1, 0.15) is 24.0 Å². The maximum atomic E-state index is 5.26. The van der Waals surface area contributed by atoms with Crippen molar-refractivity contribution in [2.45, 2.75) is 38.8 Å². The van der Waals surface area contributed by atoms with E-state index in [9.17, 15) is 0 Å². The monoisotopic (exact) mass is 205 g/mol. The predicted octanol–water partition coefficient (Wildman–Crippen LogP) is 2.89. The van der Waals surface area contributed by atoms with Crippen LogP contribution in [-0.2, 0) is 4.74 Å². The number of aryl methyl sites for hydroxylation is 2. The second kappa shape index (κ2) is 4.23. The smallest absolute Gasteiger partial charge is 0.0610 e. The Labute approximate surface area is 91.6 Å². The van der Waals surface area contributed by atoms with Gasteiger partial charge in [-0.1, -0.05) is 17.7 Å². The molecule has 0 bridgehead atoms. The van der Waals surface area contributed by atoms with Crippen LogP contribution in [0.5, 0.6) is 0 Å². The zero-order valence-electron chi connectivity index (χ0n) is 9.71. The molecule has 2 nitrogen and oxygen atoms in total. The molecule has 1 aliphatic carbocycles. The van der Waals surface area contributed by atoms with Gasteiger partial charge < -0.3 is 10.1 Å². The molecule has 0 amide bonds. The lowest BCUT2D eigenvalue weighted by Gasteiger charge is -2.35. The van der Waals surface area contributed by atoms with Gasteiger partial charge in [-0.2, -0.15) is 0 Å². The van der Waals surface area contributed by atoms with Crippen molar-refractivity contribution in [2.24, 2.45) is 0 Å². The SMILES string of the molecule is COC1CC(Nc2ccc(C)cc2C)C1. The van der Waals surface area contributed by atoms with Crippen LogP contribution in [0.3, 0.4) is 0 Å². The van der Waals surface area contributed by atoms with E-state index in [1.807, 2.05) is 0 Å². The number of benzene rings is 1.